The summed E-state index contributed by atoms with van der Waals surface area (Å²) in [5, 5.41) is 10.7. The van der Waals surface area contributed by atoms with Gasteiger partial charge in [0.05, 0.1) is 25.9 Å². The molecule has 0 bridgehead atoms. The molecule has 2 aromatic carbocycles. The van der Waals surface area contributed by atoms with E-state index in [4.69, 9.17) is 4.74 Å². The molecule has 3 rings (SSSR count). The Morgan fingerprint density at radius 3 is 2.38 bits per heavy atom. The first-order chi connectivity index (χ1) is 11.8. The molecule has 0 unspecified atom stereocenters. The zero-order valence-electron chi connectivity index (χ0n) is 13.9. The van der Waals surface area contributed by atoms with Crippen LogP contribution in [0.1, 0.15) is 5.56 Å². The van der Waals surface area contributed by atoms with Gasteiger partial charge in [0.25, 0.3) is 0 Å². The Labute approximate surface area is 142 Å². The average Bonchev–Trinajstić information content (AvgIpc) is 2.67. The molecule has 5 heteroatoms. The van der Waals surface area contributed by atoms with Crippen LogP contribution in [-0.2, 0) is 0 Å². The third-order valence-electron chi connectivity index (χ3n) is 4.11. The van der Waals surface area contributed by atoms with Gasteiger partial charge in [-0.1, -0.05) is 36.1 Å². The number of methoxy groups -OCH3 is 1. The lowest BCUT2D eigenvalue weighted by Gasteiger charge is -2.34. The molecule has 0 spiro atoms. The molecule has 0 radical (unpaired) electrons. The second-order valence-electron chi connectivity index (χ2n) is 5.59. The highest BCUT2D eigenvalue weighted by Gasteiger charge is 2.17. The number of rotatable bonds is 5. The molecule has 1 saturated heterocycles. The van der Waals surface area contributed by atoms with E-state index in [-0.39, 0.29) is 0 Å². The molecule has 124 valence electrons. The summed E-state index contributed by atoms with van der Waals surface area (Å²) in [6.07, 6.45) is 1.91. The van der Waals surface area contributed by atoms with Crippen LogP contribution in [0.5, 0.6) is 5.75 Å². The standard InChI is InChI=1S/C19H22N4O/c1-3-16-6-4-5-7-19(16)22-12-14-23(15-13-22)21-20-17-8-10-18(24-2)11-9-17/h3-11H,1,12-15H2,2H3. The number of hydrogen-bond donors (Lipinski definition) is 0. The highest BCUT2D eigenvalue weighted by molar-refractivity contribution is 5.66. The van der Waals surface area contributed by atoms with Crippen molar-refractivity contribution in [3.63, 3.8) is 0 Å². The summed E-state index contributed by atoms with van der Waals surface area (Å²) in [5.41, 5.74) is 3.24. The number of anilines is 1. The predicted molar refractivity (Wildman–Crippen MR) is 97.8 cm³/mol. The van der Waals surface area contributed by atoms with Gasteiger partial charge in [0, 0.05) is 18.8 Å². The van der Waals surface area contributed by atoms with Crippen LogP contribution in [0.2, 0.25) is 0 Å². The van der Waals surface area contributed by atoms with Gasteiger partial charge in [-0.15, -0.1) is 5.11 Å². The van der Waals surface area contributed by atoms with Crippen molar-refractivity contribution in [3.8, 4) is 5.75 Å². The number of nitrogens with zero attached hydrogens (tertiary/aromatic N) is 4. The van der Waals surface area contributed by atoms with Crippen LogP contribution in [0.25, 0.3) is 6.08 Å². The minimum absolute atomic E-state index is 0.823. The molecule has 24 heavy (non-hydrogen) atoms. The molecule has 2 aromatic rings. The van der Waals surface area contributed by atoms with Crippen LogP contribution in [0, 0.1) is 0 Å². The minimum Gasteiger partial charge on any atom is -0.497 e. The maximum atomic E-state index is 5.14. The molecule has 0 aliphatic carbocycles. The van der Waals surface area contributed by atoms with Gasteiger partial charge in [-0.05, 0) is 35.9 Å². The SMILES string of the molecule is C=Cc1ccccc1N1CCN(N=Nc2ccc(OC)cc2)CC1. The first-order valence-electron chi connectivity index (χ1n) is 8.07. The third kappa shape index (κ3) is 3.74. The Balaban J connectivity index is 1.58. The number of hydrogen-bond acceptors (Lipinski definition) is 4. The Hall–Kier alpha value is -2.82. The van der Waals surface area contributed by atoms with Crippen molar-refractivity contribution < 1.29 is 4.74 Å². The fraction of sp³-hybridized carbons (Fsp3) is 0.263. The number of para-hydroxylation sites is 1. The lowest BCUT2D eigenvalue weighted by atomic mass is 10.1. The first-order valence-corrected chi connectivity index (χ1v) is 8.07. The van der Waals surface area contributed by atoms with E-state index in [0.717, 1.165) is 37.6 Å². The number of ether oxygens (including phenoxy) is 1. The summed E-state index contributed by atoms with van der Waals surface area (Å²) in [6.45, 7) is 7.45. The normalized spacial score (nSPS) is 14.9. The first kappa shape index (κ1) is 16.1. The zero-order valence-corrected chi connectivity index (χ0v) is 13.9. The van der Waals surface area contributed by atoms with E-state index in [2.05, 4.69) is 40.0 Å². The van der Waals surface area contributed by atoms with E-state index in [0.29, 0.717) is 0 Å². The third-order valence-corrected chi connectivity index (χ3v) is 4.11. The van der Waals surface area contributed by atoms with Gasteiger partial charge in [0.2, 0.25) is 0 Å². The lowest BCUT2D eigenvalue weighted by molar-refractivity contribution is 0.254. The molecular weight excluding hydrogens is 300 g/mol. The van der Waals surface area contributed by atoms with Crippen molar-refractivity contribution in [2.45, 2.75) is 0 Å². The molecule has 0 atom stereocenters. The smallest absolute Gasteiger partial charge is 0.119 e. The number of benzene rings is 2. The predicted octanol–water partition coefficient (Wildman–Crippen LogP) is 4.16. The van der Waals surface area contributed by atoms with Gasteiger partial charge < -0.3 is 9.64 Å². The van der Waals surface area contributed by atoms with Crippen molar-refractivity contribution in [3.05, 3.63) is 60.7 Å². The van der Waals surface area contributed by atoms with Crippen LogP contribution < -0.4 is 9.64 Å². The van der Waals surface area contributed by atoms with Gasteiger partial charge in [-0.2, -0.15) is 0 Å². The Morgan fingerprint density at radius 1 is 1.00 bits per heavy atom. The van der Waals surface area contributed by atoms with Crippen LogP contribution >= 0.6 is 0 Å². The zero-order chi connectivity index (χ0) is 16.8. The van der Waals surface area contributed by atoms with E-state index < -0.39 is 0 Å². The Kier molecular flexibility index (Phi) is 5.11. The molecule has 1 aliphatic rings. The summed E-state index contributed by atoms with van der Waals surface area (Å²) < 4.78 is 5.14. The van der Waals surface area contributed by atoms with E-state index >= 15 is 0 Å². The van der Waals surface area contributed by atoms with Gasteiger partial charge >= 0.3 is 0 Å². The van der Waals surface area contributed by atoms with Gasteiger partial charge in [0.15, 0.2) is 0 Å². The van der Waals surface area contributed by atoms with Crippen LogP contribution in [0.4, 0.5) is 11.4 Å². The highest BCUT2D eigenvalue weighted by Crippen LogP contribution is 2.23. The summed E-state index contributed by atoms with van der Waals surface area (Å²) in [4.78, 5) is 2.37. The fourth-order valence-corrected chi connectivity index (χ4v) is 2.74. The topological polar surface area (TPSA) is 40.4 Å². The van der Waals surface area contributed by atoms with Crippen molar-refractivity contribution in [1.29, 1.82) is 0 Å². The molecule has 0 N–H and O–H groups in total. The minimum atomic E-state index is 0.823. The van der Waals surface area contributed by atoms with E-state index in [9.17, 15) is 0 Å². The Bertz CT molecular complexity index is 704. The molecule has 0 aromatic heterocycles. The van der Waals surface area contributed by atoms with Crippen molar-refractivity contribution >= 4 is 17.5 Å². The largest absolute Gasteiger partial charge is 0.497 e. The maximum Gasteiger partial charge on any atom is 0.119 e. The Morgan fingerprint density at radius 2 is 1.71 bits per heavy atom. The number of piperazine rings is 1. The fourth-order valence-electron chi connectivity index (χ4n) is 2.74. The van der Waals surface area contributed by atoms with Crippen molar-refractivity contribution in [1.82, 2.24) is 5.01 Å². The van der Waals surface area contributed by atoms with Crippen LogP contribution in [0.15, 0.2) is 65.4 Å². The second kappa shape index (κ2) is 7.64. The van der Waals surface area contributed by atoms with Crippen LogP contribution in [0.3, 0.4) is 0 Å². The molecular formula is C19H22N4O. The van der Waals surface area contributed by atoms with E-state index in [1.54, 1.807) is 7.11 Å². The van der Waals surface area contributed by atoms with Crippen molar-refractivity contribution in [2.24, 2.45) is 10.3 Å². The summed E-state index contributed by atoms with van der Waals surface area (Å²) in [7, 11) is 1.65. The van der Waals surface area contributed by atoms with Crippen LogP contribution in [-0.4, -0.2) is 38.3 Å². The quantitative estimate of drug-likeness (QED) is 0.776. The van der Waals surface area contributed by atoms with E-state index in [1.165, 1.54) is 11.3 Å². The van der Waals surface area contributed by atoms with Gasteiger partial charge in [-0.25, -0.2) is 0 Å². The summed E-state index contributed by atoms with van der Waals surface area (Å²) in [5.74, 6) is 0.823. The summed E-state index contributed by atoms with van der Waals surface area (Å²) in [6, 6.07) is 15.9. The summed E-state index contributed by atoms with van der Waals surface area (Å²) >= 11 is 0. The average molecular weight is 322 g/mol. The monoisotopic (exact) mass is 322 g/mol. The maximum absolute atomic E-state index is 5.14. The van der Waals surface area contributed by atoms with E-state index in [1.807, 2.05) is 41.4 Å². The second-order valence-corrected chi connectivity index (χ2v) is 5.59. The molecule has 0 saturated carbocycles. The highest BCUT2D eigenvalue weighted by atomic mass is 16.5. The molecule has 1 aliphatic heterocycles. The molecule has 0 amide bonds. The molecule has 5 nitrogen and oxygen atoms in total. The van der Waals surface area contributed by atoms with Crippen molar-refractivity contribution in [2.75, 3.05) is 38.2 Å². The molecule has 1 fully saturated rings. The molecule has 1 heterocycles. The van der Waals surface area contributed by atoms with Gasteiger partial charge in [-0.3, -0.25) is 5.01 Å². The lowest BCUT2D eigenvalue weighted by Crippen LogP contribution is -2.44. The van der Waals surface area contributed by atoms with Gasteiger partial charge in [0.1, 0.15) is 5.75 Å².